The first-order valence-corrected chi connectivity index (χ1v) is 9.16. The maximum atomic E-state index is 13.6. The van der Waals surface area contributed by atoms with Gasteiger partial charge in [0.25, 0.3) is 0 Å². The van der Waals surface area contributed by atoms with E-state index in [1.54, 1.807) is 13.2 Å². The molecule has 0 spiro atoms. The third kappa shape index (κ3) is 2.80. The van der Waals surface area contributed by atoms with Gasteiger partial charge in [0.15, 0.2) is 0 Å². The molecule has 136 valence electrons. The van der Waals surface area contributed by atoms with Crippen LogP contribution in [0, 0.1) is 5.92 Å². The Kier molecular flexibility index (Phi) is 4.26. The van der Waals surface area contributed by atoms with Crippen molar-refractivity contribution in [2.24, 2.45) is 5.92 Å². The highest BCUT2D eigenvalue weighted by Gasteiger charge is 2.43. The van der Waals surface area contributed by atoms with Crippen molar-refractivity contribution in [3.05, 3.63) is 69.7 Å². The molecule has 0 unspecified atom stereocenters. The summed E-state index contributed by atoms with van der Waals surface area (Å²) in [7, 11) is 1.58. The second-order valence-electron chi connectivity index (χ2n) is 6.63. The zero-order valence-corrected chi connectivity index (χ0v) is 15.6. The number of hydrogen-bond donors (Lipinski definition) is 1. The quantitative estimate of drug-likeness (QED) is 0.571. The molecule has 3 atom stereocenters. The Labute approximate surface area is 158 Å². The number of allylic oxidation sites excluding steroid dienone is 2. The molecule has 4 rings (SSSR count). The Bertz CT molecular complexity index is 878. The summed E-state index contributed by atoms with van der Waals surface area (Å²) in [6, 6.07) is 9.78. The third-order valence-corrected chi connectivity index (χ3v) is 5.72. The van der Waals surface area contributed by atoms with Crippen molar-refractivity contribution in [2.45, 2.75) is 24.6 Å². The summed E-state index contributed by atoms with van der Waals surface area (Å²) in [5.74, 6) is 0.778. The molecule has 0 saturated heterocycles. The number of anilines is 1. The Hall–Kier alpha value is -1.95. The molecule has 0 fully saturated rings. The van der Waals surface area contributed by atoms with Gasteiger partial charge in [-0.05, 0) is 42.2 Å². The van der Waals surface area contributed by atoms with E-state index >= 15 is 0 Å². The molecule has 6 heteroatoms. The molecule has 2 nitrogen and oxygen atoms in total. The molecule has 1 heterocycles. The van der Waals surface area contributed by atoms with Gasteiger partial charge in [-0.15, -0.1) is 0 Å². The van der Waals surface area contributed by atoms with E-state index < -0.39 is 11.7 Å². The standard InChI is InChI=1S/C20H17BrF3NO/c1-26-17-9-8-11(21)10-15(17)18-13-5-2-4-12(13)14-6-3-7-16(19(14)25-18)20(22,23)24/h2-4,6-10,12-13,18,25H,5H2,1H3/t12-,13+,18-/m1/s1. The molecule has 0 amide bonds. The Balaban J connectivity index is 1.88. The molecule has 2 aliphatic rings. The van der Waals surface area contributed by atoms with Gasteiger partial charge in [0.1, 0.15) is 5.75 Å². The van der Waals surface area contributed by atoms with Crippen LogP contribution in [-0.4, -0.2) is 7.11 Å². The topological polar surface area (TPSA) is 21.3 Å². The molecule has 2 aromatic rings. The van der Waals surface area contributed by atoms with Crippen molar-refractivity contribution in [3.8, 4) is 5.75 Å². The largest absolute Gasteiger partial charge is 0.496 e. The molecular formula is C20H17BrF3NO. The second-order valence-corrected chi connectivity index (χ2v) is 7.55. The fourth-order valence-corrected chi connectivity index (χ4v) is 4.49. The van der Waals surface area contributed by atoms with E-state index in [4.69, 9.17) is 4.74 Å². The maximum absolute atomic E-state index is 13.6. The number of halogens is 4. The van der Waals surface area contributed by atoms with Crippen LogP contribution in [0.2, 0.25) is 0 Å². The molecule has 0 aromatic heterocycles. The molecule has 1 aliphatic carbocycles. The average molecular weight is 424 g/mol. The number of rotatable bonds is 2. The van der Waals surface area contributed by atoms with Gasteiger partial charge in [0.05, 0.1) is 24.4 Å². The third-order valence-electron chi connectivity index (χ3n) is 5.23. The first kappa shape index (κ1) is 17.5. The normalized spacial score (nSPS) is 24.0. The first-order valence-electron chi connectivity index (χ1n) is 8.37. The SMILES string of the molecule is COc1ccc(Br)cc1[C@@H]1Nc2c(cccc2C(F)(F)F)[C@@H]2C=CC[C@@H]21. The molecule has 0 bridgehead atoms. The predicted molar refractivity (Wildman–Crippen MR) is 98.5 cm³/mol. The number of alkyl halides is 3. The van der Waals surface area contributed by atoms with Gasteiger partial charge in [-0.25, -0.2) is 0 Å². The van der Waals surface area contributed by atoms with Crippen molar-refractivity contribution in [1.29, 1.82) is 0 Å². The van der Waals surface area contributed by atoms with Gasteiger partial charge in [0, 0.05) is 16.0 Å². The number of benzene rings is 2. The molecule has 0 radical (unpaired) electrons. The van der Waals surface area contributed by atoms with Crippen molar-refractivity contribution < 1.29 is 17.9 Å². The fraction of sp³-hybridized carbons (Fsp3) is 0.300. The predicted octanol–water partition coefficient (Wildman–Crippen LogP) is 6.30. The Morgan fingerprint density at radius 2 is 1.96 bits per heavy atom. The zero-order chi connectivity index (χ0) is 18.5. The van der Waals surface area contributed by atoms with E-state index in [2.05, 4.69) is 27.3 Å². The van der Waals surface area contributed by atoms with Gasteiger partial charge in [-0.3, -0.25) is 0 Å². The lowest BCUT2D eigenvalue weighted by atomic mass is 9.76. The van der Waals surface area contributed by atoms with E-state index in [9.17, 15) is 13.2 Å². The van der Waals surface area contributed by atoms with Crippen LogP contribution in [0.3, 0.4) is 0 Å². The van der Waals surface area contributed by atoms with E-state index in [1.165, 1.54) is 6.07 Å². The van der Waals surface area contributed by atoms with Crippen molar-refractivity contribution in [1.82, 2.24) is 0 Å². The summed E-state index contributed by atoms with van der Waals surface area (Å²) in [6.07, 6.45) is 0.499. The van der Waals surface area contributed by atoms with Crippen LogP contribution in [-0.2, 0) is 6.18 Å². The summed E-state index contributed by atoms with van der Waals surface area (Å²) in [5, 5.41) is 3.20. The highest BCUT2D eigenvalue weighted by atomic mass is 79.9. The van der Waals surface area contributed by atoms with Crippen LogP contribution in [0.5, 0.6) is 5.75 Å². The van der Waals surface area contributed by atoms with Crippen LogP contribution >= 0.6 is 15.9 Å². The Morgan fingerprint density at radius 3 is 2.69 bits per heavy atom. The molecule has 1 aliphatic heterocycles. The minimum Gasteiger partial charge on any atom is -0.496 e. The monoisotopic (exact) mass is 423 g/mol. The van der Waals surface area contributed by atoms with E-state index in [0.29, 0.717) is 11.3 Å². The second kappa shape index (κ2) is 6.34. The molecule has 2 aromatic carbocycles. The van der Waals surface area contributed by atoms with E-state index in [0.717, 1.165) is 22.5 Å². The lowest BCUT2D eigenvalue weighted by Gasteiger charge is -2.39. The minimum atomic E-state index is -4.40. The van der Waals surface area contributed by atoms with Gasteiger partial charge in [-0.2, -0.15) is 13.2 Å². The molecular weight excluding hydrogens is 407 g/mol. The number of para-hydroxylation sites is 1. The van der Waals surface area contributed by atoms with Gasteiger partial charge in [-0.1, -0.05) is 40.2 Å². The lowest BCUT2D eigenvalue weighted by molar-refractivity contribution is -0.137. The van der Waals surface area contributed by atoms with Crippen molar-refractivity contribution >= 4 is 21.6 Å². The van der Waals surface area contributed by atoms with Gasteiger partial charge < -0.3 is 10.1 Å². The highest BCUT2D eigenvalue weighted by Crippen LogP contribution is 2.53. The van der Waals surface area contributed by atoms with Gasteiger partial charge in [0.2, 0.25) is 0 Å². The molecule has 26 heavy (non-hydrogen) atoms. The summed E-state index contributed by atoms with van der Waals surface area (Å²) in [5.41, 5.74) is 1.14. The Morgan fingerprint density at radius 1 is 1.15 bits per heavy atom. The van der Waals surface area contributed by atoms with E-state index in [1.807, 2.05) is 24.3 Å². The maximum Gasteiger partial charge on any atom is 0.418 e. The average Bonchev–Trinajstić information content (AvgIpc) is 3.09. The number of ether oxygens (including phenoxy) is 1. The summed E-state index contributed by atoms with van der Waals surface area (Å²) < 4.78 is 47.1. The minimum absolute atomic E-state index is 0.0396. The van der Waals surface area contributed by atoms with Crippen molar-refractivity contribution in [2.75, 3.05) is 12.4 Å². The lowest BCUT2D eigenvalue weighted by Crippen LogP contribution is -2.31. The van der Waals surface area contributed by atoms with Gasteiger partial charge >= 0.3 is 6.18 Å². The molecule has 1 N–H and O–H groups in total. The molecule has 0 saturated carbocycles. The summed E-state index contributed by atoms with van der Waals surface area (Å²) in [6.45, 7) is 0. The highest BCUT2D eigenvalue weighted by molar-refractivity contribution is 9.10. The first-order chi connectivity index (χ1) is 12.4. The van der Waals surface area contributed by atoms with Crippen LogP contribution in [0.4, 0.5) is 18.9 Å². The van der Waals surface area contributed by atoms with Crippen molar-refractivity contribution in [3.63, 3.8) is 0 Å². The zero-order valence-electron chi connectivity index (χ0n) is 14.0. The van der Waals surface area contributed by atoms with Crippen LogP contribution in [0.15, 0.2) is 53.0 Å². The van der Waals surface area contributed by atoms with E-state index in [-0.39, 0.29) is 23.6 Å². The smallest absolute Gasteiger partial charge is 0.418 e. The number of nitrogens with one attached hydrogen (secondary N) is 1. The number of fused-ring (bicyclic) bond motifs is 3. The number of hydrogen-bond acceptors (Lipinski definition) is 2. The van der Waals surface area contributed by atoms with Crippen LogP contribution in [0.25, 0.3) is 0 Å². The summed E-state index contributed by atoms with van der Waals surface area (Å²) in [4.78, 5) is 0. The number of methoxy groups -OCH3 is 1. The van der Waals surface area contributed by atoms with Crippen LogP contribution < -0.4 is 10.1 Å². The summed E-state index contributed by atoms with van der Waals surface area (Å²) >= 11 is 3.46. The fourth-order valence-electron chi connectivity index (χ4n) is 4.11. The van der Waals surface area contributed by atoms with Crippen LogP contribution in [0.1, 0.15) is 35.1 Å².